The zero-order valence-electron chi connectivity index (χ0n) is 12.1. The molecule has 0 saturated heterocycles. The molecule has 2 aromatic heterocycles. The zero-order valence-corrected chi connectivity index (χ0v) is 12.9. The first-order valence-electron chi connectivity index (χ1n) is 6.98. The summed E-state index contributed by atoms with van der Waals surface area (Å²) in [5.74, 6) is 0.960. The molecule has 0 aliphatic heterocycles. The van der Waals surface area contributed by atoms with Crippen LogP contribution in [0.3, 0.4) is 0 Å². The minimum absolute atomic E-state index is 0.0426. The number of carbonyl (C=O) groups excluding carboxylic acids is 1. The van der Waals surface area contributed by atoms with Crippen molar-refractivity contribution in [2.24, 2.45) is 0 Å². The normalized spacial score (nSPS) is 10.6. The van der Waals surface area contributed by atoms with Crippen molar-refractivity contribution >= 4 is 17.2 Å². The van der Waals surface area contributed by atoms with Crippen LogP contribution in [0.25, 0.3) is 10.7 Å². The molecule has 1 aromatic carbocycles. The molecule has 0 aliphatic rings. The second-order valence-corrected chi connectivity index (χ2v) is 5.62. The molecular formula is C16H15N3O2S. The quantitative estimate of drug-likeness (QED) is 0.724. The summed E-state index contributed by atoms with van der Waals surface area (Å²) < 4.78 is 5.26. The van der Waals surface area contributed by atoms with Gasteiger partial charge in [-0.2, -0.15) is 4.98 Å². The molecule has 0 aliphatic carbocycles. The Labute approximate surface area is 132 Å². The van der Waals surface area contributed by atoms with E-state index in [1.54, 1.807) is 28.4 Å². The van der Waals surface area contributed by atoms with Crippen molar-refractivity contribution < 1.29 is 9.32 Å². The summed E-state index contributed by atoms with van der Waals surface area (Å²) in [7, 11) is 0. The number of amides is 1. The van der Waals surface area contributed by atoms with Crippen LogP contribution in [0.2, 0.25) is 0 Å². The van der Waals surface area contributed by atoms with Gasteiger partial charge in [0.1, 0.15) is 6.54 Å². The molecule has 0 fully saturated rings. The van der Waals surface area contributed by atoms with E-state index in [9.17, 15) is 4.79 Å². The number of hydrogen-bond donors (Lipinski definition) is 0. The molecule has 1 amide bonds. The van der Waals surface area contributed by atoms with Crippen LogP contribution >= 0.6 is 11.3 Å². The second-order valence-electron chi connectivity index (χ2n) is 4.67. The fraction of sp³-hybridized carbons (Fsp3) is 0.188. The average Bonchev–Trinajstić information content (AvgIpc) is 3.24. The highest BCUT2D eigenvalue weighted by Crippen LogP contribution is 2.21. The predicted octanol–water partition coefficient (Wildman–Crippen LogP) is 3.46. The van der Waals surface area contributed by atoms with Crippen molar-refractivity contribution in [2.45, 2.75) is 13.5 Å². The van der Waals surface area contributed by atoms with Gasteiger partial charge in [0.25, 0.3) is 5.91 Å². The van der Waals surface area contributed by atoms with Gasteiger partial charge in [-0.25, -0.2) is 0 Å². The Morgan fingerprint density at radius 2 is 2.05 bits per heavy atom. The average molecular weight is 313 g/mol. The topological polar surface area (TPSA) is 59.2 Å². The molecule has 3 rings (SSSR count). The molecule has 0 saturated carbocycles. The van der Waals surface area contributed by atoms with E-state index in [-0.39, 0.29) is 5.91 Å². The Balaban J connectivity index is 1.75. The van der Waals surface area contributed by atoms with Crippen molar-refractivity contribution in [3.8, 4) is 10.7 Å². The van der Waals surface area contributed by atoms with Crippen LogP contribution in [-0.2, 0) is 6.54 Å². The molecule has 2 heterocycles. The third-order valence-corrected chi connectivity index (χ3v) is 4.09. The van der Waals surface area contributed by atoms with Crippen molar-refractivity contribution in [1.29, 1.82) is 0 Å². The van der Waals surface area contributed by atoms with Crippen LogP contribution in [0, 0.1) is 0 Å². The van der Waals surface area contributed by atoms with Gasteiger partial charge in [-0.15, -0.1) is 11.3 Å². The molecule has 0 spiro atoms. The van der Waals surface area contributed by atoms with Crippen LogP contribution in [-0.4, -0.2) is 27.5 Å². The molecule has 0 radical (unpaired) electrons. The van der Waals surface area contributed by atoms with Gasteiger partial charge in [-0.3, -0.25) is 4.79 Å². The lowest BCUT2D eigenvalue weighted by atomic mass is 10.2. The highest BCUT2D eigenvalue weighted by Gasteiger charge is 2.18. The number of benzene rings is 1. The van der Waals surface area contributed by atoms with Crippen molar-refractivity contribution in [1.82, 2.24) is 15.0 Å². The molecule has 3 aromatic rings. The van der Waals surface area contributed by atoms with E-state index < -0.39 is 0 Å². The Morgan fingerprint density at radius 1 is 1.23 bits per heavy atom. The number of thiophene rings is 1. The first-order valence-corrected chi connectivity index (χ1v) is 7.86. The lowest BCUT2D eigenvalue weighted by molar-refractivity contribution is 0.0734. The lowest BCUT2D eigenvalue weighted by Crippen LogP contribution is -2.30. The third kappa shape index (κ3) is 3.07. The van der Waals surface area contributed by atoms with Crippen molar-refractivity contribution in [3.63, 3.8) is 0 Å². The SMILES string of the molecule is CCN(Cc1nc(-c2cccs2)no1)C(=O)c1ccccc1. The molecule has 112 valence electrons. The Bertz CT molecular complexity index is 738. The van der Waals surface area contributed by atoms with Crippen LogP contribution < -0.4 is 0 Å². The molecular weight excluding hydrogens is 298 g/mol. The highest BCUT2D eigenvalue weighted by atomic mass is 32.1. The maximum atomic E-state index is 12.5. The van der Waals surface area contributed by atoms with Gasteiger partial charge in [-0.05, 0) is 30.5 Å². The van der Waals surface area contributed by atoms with E-state index >= 15 is 0 Å². The van der Waals surface area contributed by atoms with E-state index in [0.29, 0.717) is 30.4 Å². The molecule has 0 bridgehead atoms. The number of hydrogen-bond acceptors (Lipinski definition) is 5. The summed E-state index contributed by atoms with van der Waals surface area (Å²) in [6, 6.07) is 13.1. The van der Waals surface area contributed by atoms with E-state index in [1.165, 1.54) is 0 Å². The molecule has 6 heteroatoms. The Morgan fingerprint density at radius 3 is 2.73 bits per heavy atom. The minimum Gasteiger partial charge on any atom is -0.337 e. The summed E-state index contributed by atoms with van der Waals surface area (Å²) >= 11 is 1.55. The fourth-order valence-corrected chi connectivity index (χ4v) is 2.73. The summed E-state index contributed by atoms with van der Waals surface area (Å²) in [5.41, 5.74) is 0.655. The first kappa shape index (κ1) is 14.5. The molecule has 0 unspecified atom stereocenters. The van der Waals surface area contributed by atoms with Gasteiger partial charge < -0.3 is 9.42 Å². The molecule has 0 atom stereocenters. The number of carbonyl (C=O) groups is 1. The lowest BCUT2D eigenvalue weighted by Gasteiger charge is -2.18. The maximum absolute atomic E-state index is 12.5. The van der Waals surface area contributed by atoms with Gasteiger partial charge in [0, 0.05) is 12.1 Å². The van der Waals surface area contributed by atoms with Gasteiger partial charge in [0.2, 0.25) is 11.7 Å². The summed E-state index contributed by atoms with van der Waals surface area (Å²) in [4.78, 5) is 19.4. The predicted molar refractivity (Wildman–Crippen MR) is 84.5 cm³/mol. The van der Waals surface area contributed by atoms with E-state index in [1.807, 2.05) is 42.6 Å². The molecule has 22 heavy (non-hydrogen) atoms. The number of aromatic nitrogens is 2. The van der Waals surface area contributed by atoms with Crippen LogP contribution in [0.15, 0.2) is 52.4 Å². The standard InChI is InChI=1S/C16H15N3O2S/c1-2-19(16(20)12-7-4-3-5-8-12)11-14-17-15(18-21-14)13-9-6-10-22-13/h3-10H,2,11H2,1H3. The monoisotopic (exact) mass is 313 g/mol. The van der Waals surface area contributed by atoms with Gasteiger partial charge in [0.05, 0.1) is 4.88 Å². The second kappa shape index (κ2) is 6.53. The molecule has 0 N–H and O–H groups in total. The van der Waals surface area contributed by atoms with Crippen LogP contribution in [0.1, 0.15) is 23.2 Å². The highest BCUT2D eigenvalue weighted by molar-refractivity contribution is 7.13. The molecule has 5 nitrogen and oxygen atoms in total. The number of rotatable bonds is 5. The van der Waals surface area contributed by atoms with E-state index in [0.717, 1.165) is 4.88 Å². The minimum atomic E-state index is -0.0426. The van der Waals surface area contributed by atoms with Crippen LogP contribution in [0.4, 0.5) is 0 Å². The first-order chi connectivity index (χ1) is 10.8. The van der Waals surface area contributed by atoms with Gasteiger partial charge >= 0.3 is 0 Å². The summed E-state index contributed by atoms with van der Waals surface area (Å²) in [6.07, 6.45) is 0. The third-order valence-electron chi connectivity index (χ3n) is 3.23. The fourth-order valence-electron chi connectivity index (χ4n) is 2.08. The van der Waals surface area contributed by atoms with E-state index in [4.69, 9.17) is 4.52 Å². The van der Waals surface area contributed by atoms with Gasteiger partial charge in [0.15, 0.2) is 0 Å². The zero-order chi connectivity index (χ0) is 15.4. The summed E-state index contributed by atoms with van der Waals surface area (Å²) in [5, 5.41) is 5.93. The van der Waals surface area contributed by atoms with Gasteiger partial charge in [-0.1, -0.05) is 29.4 Å². The Kier molecular flexibility index (Phi) is 4.29. The largest absolute Gasteiger partial charge is 0.337 e. The maximum Gasteiger partial charge on any atom is 0.254 e. The smallest absolute Gasteiger partial charge is 0.254 e. The number of nitrogens with zero attached hydrogens (tertiary/aromatic N) is 3. The Hall–Kier alpha value is -2.47. The van der Waals surface area contributed by atoms with E-state index in [2.05, 4.69) is 10.1 Å². The van der Waals surface area contributed by atoms with Crippen molar-refractivity contribution in [2.75, 3.05) is 6.54 Å². The summed E-state index contributed by atoms with van der Waals surface area (Å²) in [6.45, 7) is 2.81. The van der Waals surface area contributed by atoms with Crippen molar-refractivity contribution in [3.05, 3.63) is 59.3 Å². The van der Waals surface area contributed by atoms with Crippen LogP contribution in [0.5, 0.6) is 0 Å².